The molecule has 1 N–H and O–H groups in total. The molecule has 4 nitrogen and oxygen atoms in total. The van der Waals surface area contributed by atoms with Crippen LogP contribution >= 0.6 is 0 Å². The minimum Gasteiger partial charge on any atom is -0.324 e. The maximum absolute atomic E-state index is 12.3. The van der Waals surface area contributed by atoms with Crippen molar-refractivity contribution in [1.82, 2.24) is 4.90 Å². The molecule has 0 radical (unpaired) electrons. The van der Waals surface area contributed by atoms with E-state index in [1.165, 1.54) is 0 Å². The zero-order valence-corrected chi connectivity index (χ0v) is 11.7. The van der Waals surface area contributed by atoms with Crippen LogP contribution in [0.15, 0.2) is 54.6 Å². The largest absolute Gasteiger partial charge is 0.324 e. The summed E-state index contributed by atoms with van der Waals surface area (Å²) in [6, 6.07) is 16.2. The summed E-state index contributed by atoms with van der Waals surface area (Å²) in [6.07, 6.45) is 0. The fourth-order valence-electron chi connectivity index (χ4n) is 2.50. The third-order valence-electron chi connectivity index (χ3n) is 3.74. The Morgan fingerprint density at radius 2 is 1.76 bits per heavy atom. The number of para-hydroxylation sites is 1. The third kappa shape index (κ3) is 2.52. The van der Waals surface area contributed by atoms with E-state index in [0.717, 1.165) is 11.3 Å². The number of nitrogens with one attached hydrogen (secondary N) is 1. The molecule has 0 spiro atoms. The lowest BCUT2D eigenvalue weighted by molar-refractivity contribution is -0.120. The smallest absolute Gasteiger partial charge is 0.255 e. The topological polar surface area (TPSA) is 49.4 Å². The highest BCUT2D eigenvalue weighted by molar-refractivity contribution is 6.03. The number of fused-ring (bicyclic) bond motifs is 1. The van der Waals surface area contributed by atoms with Gasteiger partial charge in [-0.2, -0.15) is 0 Å². The molecule has 0 fully saturated rings. The predicted octanol–water partition coefficient (Wildman–Crippen LogP) is 2.67. The van der Waals surface area contributed by atoms with Crippen LogP contribution in [0, 0.1) is 0 Å². The Hall–Kier alpha value is -2.62. The zero-order chi connectivity index (χ0) is 14.8. The maximum Gasteiger partial charge on any atom is 0.255 e. The zero-order valence-electron chi connectivity index (χ0n) is 11.7. The Morgan fingerprint density at radius 3 is 2.48 bits per heavy atom. The second-order valence-corrected chi connectivity index (χ2v) is 5.12. The van der Waals surface area contributed by atoms with Crippen LogP contribution in [-0.2, 0) is 11.3 Å². The second-order valence-electron chi connectivity index (χ2n) is 5.12. The number of amides is 2. The fourth-order valence-corrected chi connectivity index (χ4v) is 2.50. The lowest BCUT2D eigenvalue weighted by atomic mass is 10.1. The highest BCUT2D eigenvalue weighted by Gasteiger charge is 2.33. The van der Waals surface area contributed by atoms with E-state index in [-0.39, 0.29) is 11.8 Å². The van der Waals surface area contributed by atoms with Crippen molar-refractivity contribution in [2.45, 2.75) is 19.5 Å². The number of hydrogen-bond acceptors (Lipinski definition) is 2. The van der Waals surface area contributed by atoms with E-state index in [0.29, 0.717) is 12.1 Å². The molecule has 0 saturated heterocycles. The van der Waals surface area contributed by atoms with Gasteiger partial charge in [-0.05, 0) is 30.7 Å². The first-order valence-corrected chi connectivity index (χ1v) is 6.91. The molecule has 0 bridgehead atoms. The van der Waals surface area contributed by atoms with E-state index in [4.69, 9.17) is 0 Å². The molecule has 1 aliphatic rings. The normalized spacial score (nSPS) is 14.7. The van der Waals surface area contributed by atoms with Crippen molar-refractivity contribution < 1.29 is 9.59 Å². The minimum atomic E-state index is -0.509. The molecule has 1 unspecified atom stereocenters. The number of hydrogen-bond donors (Lipinski definition) is 1. The maximum atomic E-state index is 12.3. The number of benzene rings is 2. The van der Waals surface area contributed by atoms with Crippen molar-refractivity contribution in [3.63, 3.8) is 0 Å². The van der Waals surface area contributed by atoms with Gasteiger partial charge in [-0.1, -0.05) is 36.4 Å². The van der Waals surface area contributed by atoms with Crippen LogP contribution in [-0.4, -0.2) is 22.8 Å². The second kappa shape index (κ2) is 5.40. The van der Waals surface area contributed by atoms with Crippen LogP contribution in [0.25, 0.3) is 0 Å². The molecule has 1 aliphatic heterocycles. The number of rotatable bonds is 3. The Balaban J connectivity index is 1.73. The average molecular weight is 280 g/mol. The standard InChI is InChI=1S/C17H16N2O2/c1-12(16(20)18-14-8-3-2-4-9-14)19-11-13-7-5-6-10-15(13)17(19)21/h2-10,12H,11H2,1H3,(H,18,20). The van der Waals surface area contributed by atoms with Gasteiger partial charge in [-0.25, -0.2) is 0 Å². The first-order valence-electron chi connectivity index (χ1n) is 6.91. The van der Waals surface area contributed by atoms with Gasteiger partial charge in [0.15, 0.2) is 0 Å². The fraction of sp³-hybridized carbons (Fsp3) is 0.176. The summed E-state index contributed by atoms with van der Waals surface area (Å²) in [5, 5.41) is 2.83. The highest BCUT2D eigenvalue weighted by Crippen LogP contribution is 2.24. The molecule has 0 saturated carbocycles. The lowest BCUT2D eigenvalue weighted by Gasteiger charge is -2.23. The Bertz CT molecular complexity index is 682. The van der Waals surface area contributed by atoms with Crippen LogP contribution in [0.5, 0.6) is 0 Å². The van der Waals surface area contributed by atoms with E-state index in [2.05, 4.69) is 5.32 Å². The van der Waals surface area contributed by atoms with Gasteiger partial charge >= 0.3 is 0 Å². The predicted molar refractivity (Wildman–Crippen MR) is 80.8 cm³/mol. The van der Waals surface area contributed by atoms with Crippen LogP contribution in [0.1, 0.15) is 22.8 Å². The van der Waals surface area contributed by atoms with E-state index in [1.807, 2.05) is 48.5 Å². The van der Waals surface area contributed by atoms with Crippen molar-refractivity contribution in [2.75, 3.05) is 5.32 Å². The van der Waals surface area contributed by atoms with Crippen molar-refractivity contribution in [3.8, 4) is 0 Å². The summed E-state index contributed by atoms with van der Waals surface area (Å²) in [4.78, 5) is 26.2. The molecule has 1 heterocycles. The molecule has 0 aromatic heterocycles. The van der Waals surface area contributed by atoms with E-state index < -0.39 is 6.04 Å². The lowest BCUT2D eigenvalue weighted by Crippen LogP contribution is -2.42. The van der Waals surface area contributed by atoms with Gasteiger partial charge in [0.2, 0.25) is 5.91 Å². The van der Waals surface area contributed by atoms with Gasteiger partial charge in [-0.3, -0.25) is 9.59 Å². The first kappa shape index (κ1) is 13.4. The average Bonchev–Trinajstić information content (AvgIpc) is 2.85. The number of anilines is 1. The van der Waals surface area contributed by atoms with Gasteiger partial charge in [-0.15, -0.1) is 0 Å². The Kier molecular flexibility index (Phi) is 3.44. The molecule has 106 valence electrons. The molecule has 2 amide bonds. The van der Waals surface area contributed by atoms with Gasteiger partial charge < -0.3 is 10.2 Å². The number of carbonyl (C=O) groups excluding carboxylic acids is 2. The molecule has 1 atom stereocenters. The molecular formula is C17H16N2O2. The van der Waals surface area contributed by atoms with Crippen molar-refractivity contribution in [1.29, 1.82) is 0 Å². The summed E-state index contributed by atoms with van der Waals surface area (Å²) >= 11 is 0. The van der Waals surface area contributed by atoms with Crippen molar-refractivity contribution in [2.24, 2.45) is 0 Å². The van der Waals surface area contributed by atoms with Gasteiger partial charge in [0.25, 0.3) is 5.91 Å². The Morgan fingerprint density at radius 1 is 1.10 bits per heavy atom. The van der Waals surface area contributed by atoms with Gasteiger partial charge in [0.1, 0.15) is 6.04 Å². The highest BCUT2D eigenvalue weighted by atomic mass is 16.2. The van der Waals surface area contributed by atoms with E-state index in [1.54, 1.807) is 17.9 Å². The first-order chi connectivity index (χ1) is 10.2. The molecule has 2 aromatic carbocycles. The molecule has 2 aromatic rings. The third-order valence-corrected chi connectivity index (χ3v) is 3.74. The van der Waals surface area contributed by atoms with Crippen LogP contribution in [0.4, 0.5) is 5.69 Å². The molecule has 3 rings (SSSR count). The monoisotopic (exact) mass is 280 g/mol. The van der Waals surface area contributed by atoms with Crippen molar-refractivity contribution in [3.05, 3.63) is 65.7 Å². The molecule has 0 aliphatic carbocycles. The van der Waals surface area contributed by atoms with E-state index >= 15 is 0 Å². The Labute approximate surface area is 123 Å². The SMILES string of the molecule is CC(C(=O)Nc1ccccc1)N1Cc2ccccc2C1=O. The summed E-state index contributed by atoms with van der Waals surface area (Å²) < 4.78 is 0. The molecule has 4 heteroatoms. The summed E-state index contributed by atoms with van der Waals surface area (Å²) in [5.74, 6) is -0.260. The quantitative estimate of drug-likeness (QED) is 0.939. The minimum absolute atomic E-state index is 0.0821. The van der Waals surface area contributed by atoms with Gasteiger partial charge in [0, 0.05) is 17.8 Å². The van der Waals surface area contributed by atoms with Crippen LogP contribution < -0.4 is 5.32 Å². The van der Waals surface area contributed by atoms with Crippen LogP contribution in [0.2, 0.25) is 0 Å². The number of carbonyl (C=O) groups is 2. The van der Waals surface area contributed by atoms with Gasteiger partial charge in [0.05, 0.1) is 0 Å². The summed E-state index contributed by atoms with van der Waals surface area (Å²) in [6.45, 7) is 2.24. The van der Waals surface area contributed by atoms with E-state index in [9.17, 15) is 9.59 Å². The van der Waals surface area contributed by atoms with Crippen molar-refractivity contribution >= 4 is 17.5 Å². The molecule has 21 heavy (non-hydrogen) atoms. The summed E-state index contributed by atoms with van der Waals surface area (Å²) in [7, 11) is 0. The van der Waals surface area contributed by atoms with Crippen LogP contribution in [0.3, 0.4) is 0 Å². The number of nitrogens with zero attached hydrogens (tertiary/aromatic N) is 1. The summed E-state index contributed by atoms with van der Waals surface area (Å²) in [5.41, 5.74) is 2.40. The molecular weight excluding hydrogens is 264 g/mol.